The Balaban J connectivity index is 1.97. The molecule has 10 heteroatoms. The molecule has 0 fully saturated rings. The number of esters is 1. The largest absolute Gasteiger partial charge is 0.427 e. The summed E-state index contributed by atoms with van der Waals surface area (Å²) >= 11 is 12.5. The van der Waals surface area contributed by atoms with Crippen molar-refractivity contribution in [2.45, 2.75) is 26.7 Å². The topological polar surface area (TPSA) is 96.1 Å². The van der Waals surface area contributed by atoms with Crippen LogP contribution in [0.2, 0.25) is 10.0 Å². The van der Waals surface area contributed by atoms with E-state index in [0.29, 0.717) is 12.8 Å². The summed E-state index contributed by atoms with van der Waals surface area (Å²) in [6.45, 7) is 3.83. The van der Waals surface area contributed by atoms with Gasteiger partial charge in [-0.1, -0.05) is 37.0 Å². The van der Waals surface area contributed by atoms with Gasteiger partial charge in [0.05, 0.1) is 15.6 Å². The van der Waals surface area contributed by atoms with Gasteiger partial charge in [-0.05, 0) is 28.0 Å². The van der Waals surface area contributed by atoms with Crippen molar-refractivity contribution in [3.63, 3.8) is 0 Å². The second-order valence-corrected chi connectivity index (χ2v) is 7.82. The molecule has 1 aliphatic rings. The molecule has 142 valence electrons. The Hall–Kier alpha value is -2.45. The van der Waals surface area contributed by atoms with Crippen LogP contribution < -0.4 is 5.69 Å². The number of aryl methyl sites for hydroxylation is 1. The summed E-state index contributed by atoms with van der Waals surface area (Å²) in [4.78, 5) is 36.5. The summed E-state index contributed by atoms with van der Waals surface area (Å²) in [5.74, 6) is -0.597. The lowest BCUT2D eigenvalue weighted by Crippen LogP contribution is -2.24. The maximum atomic E-state index is 12.6. The molecule has 0 N–H and O–H groups in total. The van der Waals surface area contributed by atoms with Crippen LogP contribution in [-0.2, 0) is 16.6 Å². The van der Waals surface area contributed by atoms with Gasteiger partial charge >= 0.3 is 11.7 Å². The van der Waals surface area contributed by atoms with E-state index in [9.17, 15) is 14.4 Å². The van der Waals surface area contributed by atoms with Gasteiger partial charge in [-0.3, -0.25) is 4.79 Å². The van der Waals surface area contributed by atoms with E-state index in [4.69, 9.17) is 27.9 Å². The molecule has 0 aliphatic heterocycles. The van der Waals surface area contributed by atoms with Crippen LogP contribution in [-0.4, -0.2) is 31.5 Å². The summed E-state index contributed by atoms with van der Waals surface area (Å²) in [5.41, 5.74) is -0.861. The lowest BCUT2D eigenvalue weighted by atomic mass is 9.79. The zero-order valence-electron chi connectivity index (χ0n) is 14.8. The number of aromatic nitrogens is 4. The lowest BCUT2D eigenvalue weighted by molar-refractivity contribution is -0.117. The molecule has 8 nitrogen and oxygen atoms in total. The maximum absolute atomic E-state index is 12.6. The van der Waals surface area contributed by atoms with E-state index in [2.05, 4.69) is 10.4 Å². The summed E-state index contributed by atoms with van der Waals surface area (Å²) in [6.07, 6.45) is 2.14. The Morgan fingerprint density at radius 1 is 1.19 bits per heavy atom. The fourth-order valence-corrected chi connectivity index (χ4v) is 3.48. The van der Waals surface area contributed by atoms with Crippen molar-refractivity contribution >= 4 is 35.0 Å². The molecular formula is C17H16Cl2N4O4. The van der Waals surface area contributed by atoms with Gasteiger partial charge < -0.3 is 4.74 Å². The van der Waals surface area contributed by atoms with Crippen LogP contribution in [0.5, 0.6) is 0 Å². The number of carbonyl (C=O) groups excluding carboxylic acids is 2. The third kappa shape index (κ3) is 3.81. The van der Waals surface area contributed by atoms with Crippen molar-refractivity contribution in [2.75, 3.05) is 0 Å². The summed E-state index contributed by atoms with van der Waals surface area (Å²) in [7, 11) is 1.42. The number of allylic oxidation sites excluding steroid dienone is 2. The molecule has 1 heterocycles. The Kier molecular flexibility index (Phi) is 4.96. The maximum Gasteiger partial charge on any atom is 0.368 e. The Bertz CT molecular complexity index is 1040. The molecule has 0 bridgehead atoms. The number of carbonyl (C=O) groups is 2. The van der Waals surface area contributed by atoms with Gasteiger partial charge in [-0.25, -0.2) is 9.59 Å². The van der Waals surface area contributed by atoms with E-state index >= 15 is 0 Å². The molecule has 0 radical (unpaired) electrons. The third-order valence-corrected chi connectivity index (χ3v) is 4.76. The van der Waals surface area contributed by atoms with Gasteiger partial charge in [-0.15, -0.1) is 0 Å². The number of nitrogens with zero attached hydrogens (tertiary/aromatic N) is 4. The first-order chi connectivity index (χ1) is 12.6. The highest BCUT2D eigenvalue weighted by Crippen LogP contribution is 2.35. The van der Waals surface area contributed by atoms with Gasteiger partial charge in [0, 0.05) is 26.0 Å². The fraction of sp³-hybridized carbons (Fsp3) is 0.353. The molecule has 2 aromatic rings. The van der Waals surface area contributed by atoms with E-state index < -0.39 is 11.7 Å². The molecule has 3 rings (SSSR count). The van der Waals surface area contributed by atoms with Gasteiger partial charge in [-0.2, -0.15) is 9.36 Å². The SMILES string of the molecule is Cn1nnn(-c2c(Cl)ccc(C(=O)OC3=CC(=O)CC(C)(C)C3)c2Cl)c1=O. The number of hydrogen-bond acceptors (Lipinski definition) is 6. The van der Waals surface area contributed by atoms with Crippen LogP contribution in [0, 0.1) is 5.41 Å². The first-order valence-electron chi connectivity index (χ1n) is 8.02. The fourth-order valence-electron chi connectivity index (χ4n) is 2.87. The lowest BCUT2D eigenvalue weighted by Gasteiger charge is -2.28. The molecule has 0 spiro atoms. The highest BCUT2D eigenvalue weighted by molar-refractivity contribution is 6.39. The average Bonchev–Trinajstić information content (AvgIpc) is 2.85. The van der Waals surface area contributed by atoms with Crippen LogP contribution in [0.1, 0.15) is 37.0 Å². The molecule has 1 aromatic carbocycles. The van der Waals surface area contributed by atoms with Gasteiger partial charge in [0.1, 0.15) is 11.4 Å². The summed E-state index contributed by atoms with van der Waals surface area (Å²) in [5, 5.41) is 7.31. The average molecular weight is 411 g/mol. The molecule has 0 amide bonds. The van der Waals surface area contributed by atoms with Crippen LogP contribution in [0.15, 0.2) is 28.8 Å². The molecule has 27 heavy (non-hydrogen) atoms. The van der Waals surface area contributed by atoms with Crippen molar-refractivity contribution in [3.8, 4) is 5.69 Å². The zero-order valence-corrected chi connectivity index (χ0v) is 16.3. The zero-order chi connectivity index (χ0) is 19.9. The van der Waals surface area contributed by atoms with Gasteiger partial charge in [0.25, 0.3) is 0 Å². The van der Waals surface area contributed by atoms with Crippen molar-refractivity contribution in [3.05, 3.63) is 50.1 Å². The molecule has 0 unspecified atom stereocenters. The standard InChI is InChI=1S/C17H16Cl2N4O4/c1-17(2)7-9(24)6-10(8-17)27-15(25)11-4-5-12(18)14(13(11)19)23-16(26)22(3)20-21-23/h4-6H,7-8H2,1-3H3. The van der Waals surface area contributed by atoms with Crippen LogP contribution in [0.4, 0.5) is 0 Å². The number of tetrazole rings is 1. The molecular weight excluding hydrogens is 395 g/mol. The molecule has 0 saturated heterocycles. The van der Waals surface area contributed by atoms with E-state index in [0.717, 1.165) is 9.36 Å². The minimum atomic E-state index is -0.758. The molecule has 1 aromatic heterocycles. The summed E-state index contributed by atoms with van der Waals surface area (Å²) in [6, 6.07) is 2.79. The third-order valence-electron chi connectivity index (χ3n) is 4.07. The second-order valence-electron chi connectivity index (χ2n) is 7.04. The van der Waals surface area contributed by atoms with E-state index in [1.165, 1.54) is 25.3 Å². The highest BCUT2D eigenvalue weighted by Gasteiger charge is 2.30. The number of halogens is 2. The molecule has 1 aliphatic carbocycles. The highest BCUT2D eigenvalue weighted by atomic mass is 35.5. The number of benzene rings is 1. The number of hydrogen-bond donors (Lipinski definition) is 0. The Morgan fingerprint density at radius 2 is 1.89 bits per heavy atom. The predicted molar refractivity (Wildman–Crippen MR) is 98.1 cm³/mol. The smallest absolute Gasteiger partial charge is 0.368 e. The van der Waals surface area contributed by atoms with Gasteiger partial charge in [0.2, 0.25) is 0 Å². The first-order valence-corrected chi connectivity index (χ1v) is 8.77. The minimum absolute atomic E-state index is 0.00894. The predicted octanol–water partition coefficient (Wildman–Crippen LogP) is 2.70. The van der Waals surface area contributed by atoms with Crippen LogP contribution >= 0.6 is 23.2 Å². The van der Waals surface area contributed by atoms with Crippen LogP contribution in [0.3, 0.4) is 0 Å². The summed E-state index contributed by atoms with van der Waals surface area (Å²) < 4.78 is 7.27. The van der Waals surface area contributed by atoms with Crippen molar-refractivity contribution < 1.29 is 14.3 Å². The van der Waals surface area contributed by atoms with Crippen molar-refractivity contribution in [1.29, 1.82) is 0 Å². The normalized spacial score (nSPS) is 16.2. The number of ketones is 1. The number of rotatable bonds is 3. The monoisotopic (exact) mass is 410 g/mol. The first kappa shape index (κ1) is 19.3. The molecule has 0 saturated carbocycles. The van der Waals surface area contributed by atoms with E-state index in [-0.39, 0.29) is 38.3 Å². The molecule has 0 atom stereocenters. The Morgan fingerprint density at radius 3 is 2.48 bits per heavy atom. The Labute approximate surface area is 164 Å². The van der Waals surface area contributed by atoms with E-state index in [1.54, 1.807) is 0 Å². The number of ether oxygens (including phenoxy) is 1. The second kappa shape index (κ2) is 6.94. The minimum Gasteiger partial charge on any atom is -0.427 e. The van der Waals surface area contributed by atoms with E-state index in [1.807, 2.05) is 13.8 Å². The van der Waals surface area contributed by atoms with Gasteiger partial charge in [0.15, 0.2) is 5.78 Å². The van der Waals surface area contributed by atoms with Crippen molar-refractivity contribution in [2.24, 2.45) is 12.5 Å². The quantitative estimate of drug-likeness (QED) is 0.721. The van der Waals surface area contributed by atoms with Crippen LogP contribution in [0.25, 0.3) is 5.69 Å². The van der Waals surface area contributed by atoms with Crippen molar-refractivity contribution in [1.82, 2.24) is 19.8 Å².